The van der Waals surface area contributed by atoms with Crippen molar-refractivity contribution in [3.63, 3.8) is 0 Å². The van der Waals surface area contributed by atoms with E-state index < -0.39 is 0 Å². The van der Waals surface area contributed by atoms with E-state index in [4.69, 9.17) is 0 Å². The number of benzene rings is 2. The molecule has 124 valence electrons. The Morgan fingerprint density at radius 2 is 1.76 bits per heavy atom. The van der Waals surface area contributed by atoms with E-state index in [0.717, 1.165) is 16.5 Å². The summed E-state index contributed by atoms with van der Waals surface area (Å²) in [6, 6.07) is 17.0. The predicted molar refractivity (Wildman–Crippen MR) is 102 cm³/mol. The second-order valence-corrected chi connectivity index (χ2v) is 6.95. The minimum absolute atomic E-state index is 0.0425. The number of para-hydroxylation sites is 1. The van der Waals surface area contributed by atoms with Crippen LogP contribution in [0.15, 0.2) is 60.8 Å². The Balaban J connectivity index is 1.74. The van der Waals surface area contributed by atoms with E-state index in [-0.39, 0.29) is 11.3 Å². The fraction of sp³-hybridized carbons (Fsp3) is 0.182. The highest BCUT2D eigenvalue weighted by molar-refractivity contribution is 6.04. The summed E-state index contributed by atoms with van der Waals surface area (Å²) in [7, 11) is 0. The number of fused-ring (bicyclic) bond motifs is 1. The zero-order valence-corrected chi connectivity index (χ0v) is 14.6. The number of rotatable bonds is 2. The van der Waals surface area contributed by atoms with Crippen LogP contribution in [0, 0.1) is 17.3 Å². The summed E-state index contributed by atoms with van der Waals surface area (Å²) >= 11 is 0. The first-order chi connectivity index (χ1) is 11.9. The Kier molecular flexibility index (Phi) is 4.54. The molecule has 25 heavy (non-hydrogen) atoms. The van der Waals surface area contributed by atoms with E-state index in [1.807, 2.05) is 42.5 Å². The van der Waals surface area contributed by atoms with Gasteiger partial charge in [-0.2, -0.15) is 0 Å². The molecule has 0 spiro atoms. The van der Waals surface area contributed by atoms with Crippen molar-refractivity contribution < 1.29 is 4.79 Å². The lowest BCUT2D eigenvalue weighted by atomic mass is 9.97. The summed E-state index contributed by atoms with van der Waals surface area (Å²) in [6.07, 6.45) is 1.67. The van der Waals surface area contributed by atoms with E-state index in [1.54, 1.807) is 18.3 Å². The Bertz CT molecular complexity index is 971. The molecule has 1 N–H and O–H groups in total. The molecule has 3 heteroatoms. The predicted octanol–water partition coefficient (Wildman–Crippen LogP) is 4.88. The molecule has 3 nitrogen and oxygen atoms in total. The molecule has 0 unspecified atom stereocenters. The summed E-state index contributed by atoms with van der Waals surface area (Å²) in [5.41, 5.74) is 3.04. The van der Waals surface area contributed by atoms with Gasteiger partial charge in [0, 0.05) is 21.9 Å². The van der Waals surface area contributed by atoms with Gasteiger partial charge in [-0.05, 0) is 57.2 Å². The average molecular weight is 328 g/mol. The molecule has 3 aromatic rings. The van der Waals surface area contributed by atoms with Crippen molar-refractivity contribution in [2.45, 2.75) is 20.8 Å². The highest BCUT2D eigenvalue weighted by Crippen LogP contribution is 2.17. The van der Waals surface area contributed by atoms with Crippen LogP contribution in [0.3, 0.4) is 0 Å². The fourth-order valence-electron chi connectivity index (χ4n) is 2.31. The van der Waals surface area contributed by atoms with Crippen LogP contribution in [-0.2, 0) is 0 Å². The van der Waals surface area contributed by atoms with Crippen molar-refractivity contribution in [3.8, 4) is 11.8 Å². The zero-order valence-electron chi connectivity index (χ0n) is 14.6. The molecule has 1 heterocycles. The number of carbonyl (C=O) groups excluding carboxylic acids is 1. The van der Waals surface area contributed by atoms with Crippen molar-refractivity contribution >= 4 is 22.5 Å². The third-order valence-corrected chi connectivity index (χ3v) is 3.58. The molecule has 0 aliphatic rings. The SMILES string of the molecule is CC(C)(C)C#Cc1ccc(C(=O)Nc2cnc3ccccc3c2)cc1. The highest BCUT2D eigenvalue weighted by Gasteiger charge is 2.07. The standard InChI is InChI=1S/C22H20N2O/c1-22(2,3)13-12-16-8-10-17(11-9-16)21(25)24-19-14-18-6-4-5-7-20(18)23-15-19/h4-11,14-15H,1-3H3,(H,24,25). The second-order valence-electron chi connectivity index (χ2n) is 6.95. The van der Waals surface area contributed by atoms with Crippen molar-refractivity contribution in [3.05, 3.63) is 71.9 Å². The van der Waals surface area contributed by atoms with Crippen molar-refractivity contribution in [2.75, 3.05) is 5.32 Å². The maximum absolute atomic E-state index is 12.4. The molecule has 3 rings (SSSR count). The number of nitrogens with one attached hydrogen (secondary N) is 1. The quantitative estimate of drug-likeness (QED) is 0.681. The lowest BCUT2D eigenvalue weighted by Crippen LogP contribution is -2.12. The molecule has 0 atom stereocenters. The number of pyridine rings is 1. The monoisotopic (exact) mass is 328 g/mol. The summed E-state index contributed by atoms with van der Waals surface area (Å²) in [4.78, 5) is 16.8. The first-order valence-corrected chi connectivity index (χ1v) is 8.20. The number of carbonyl (C=O) groups is 1. The molecule has 0 aliphatic carbocycles. The first kappa shape index (κ1) is 16.7. The maximum Gasteiger partial charge on any atom is 0.255 e. The smallest absolute Gasteiger partial charge is 0.255 e. The van der Waals surface area contributed by atoms with Gasteiger partial charge in [-0.15, -0.1) is 0 Å². The minimum Gasteiger partial charge on any atom is -0.321 e. The normalized spacial score (nSPS) is 10.8. The van der Waals surface area contributed by atoms with E-state index >= 15 is 0 Å². The van der Waals surface area contributed by atoms with E-state index in [9.17, 15) is 4.79 Å². The summed E-state index contributed by atoms with van der Waals surface area (Å²) in [5.74, 6) is 6.15. The van der Waals surface area contributed by atoms with Gasteiger partial charge in [-0.25, -0.2) is 0 Å². The number of anilines is 1. The van der Waals surface area contributed by atoms with Gasteiger partial charge in [-0.1, -0.05) is 30.0 Å². The molecule has 0 radical (unpaired) electrons. The fourth-order valence-corrected chi connectivity index (χ4v) is 2.31. The van der Waals surface area contributed by atoms with Crippen LogP contribution in [0.1, 0.15) is 36.7 Å². The molecule has 1 aromatic heterocycles. The van der Waals surface area contributed by atoms with Gasteiger partial charge in [0.25, 0.3) is 5.91 Å². The van der Waals surface area contributed by atoms with Crippen LogP contribution in [0.5, 0.6) is 0 Å². The Morgan fingerprint density at radius 1 is 1.04 bits per heavy atom. The zero-order chi connectivity index (χ0) is 17.9. The number of aromatic nitrogens is 1. The van der Waals surface area contributed by atoms with Crippen LogP contribution < -0.4 is 5.32 Å². The first-order valence-electron chi connectivity index (χ1n) is 8.20. The third-order valence-electron chi connectivity index (χ3n) is 3.58. The highest BCUT2D eigenvalue weighted by atomic mass is 16.1. The third kappa shape index (κ3) is 4.45. The van der Waals surface area contributed by atoms with Gasteiger partial charge in [0.05, 0.1) is 17.4 Å². The summed E-state index contributed by atoms with van der Waals surface area (Å²) in [5, 5.41) is 3.88. The van der Waals surface area contributed by atoms with Gasteiger partial charge >= 0.3 is 0 Å². The number of nitrogens with zero attached hydrogens (tertiary/aromatic N) is 1. The number of hydrogen-bond acceptors (Lipinski definition) is 2. The van der Waals surface area contributed by atoms with Gasteiger partial charge in [0.2, 0.25) is 0 Å². The lowest BCUT2D eigenvalue weighted by Gasteiger charge is -2.07. The van der Waals surface area contributed by atoms with Gasteiger partial charge in [-0.3, -0.25) is 9.78 Å². The van der Waals surface area contributed by atoms with Crippen molar-refractivity contribution in [2.24, 2.45) is 5.41 Å². The van der Waals surface area contributed by atoms with Gasteiger partial charge in [0.15, 0.2) is 0 Å². The molecule has 1 amide bonds. The number of amides is 1. The molecule has 0 aliphatic heterocycles. The molecule has 0 bridgehead atoms. The van der Waals surface area contributed by atoms with Gasteiger partial charge in [0.1, 0.15) is 0 Å². The molecule has 0 saturated carbocycles. The largest absolute Gasteiger partial charge is 0.321 e. The minimum atomic E-state index is -0.160. The molecule has 2 aromatic carbocycles. The molecular formula is C22H20N2O. The van der Waals surface area contributed by atoms with Crippen LogP contribution >= 0.6 is 0 Å². The van der Waals surface area contributed by atoms with Crippen LogP contribution in [0.25, 0.3) is 10.9 Å². The summed E-state index contributed by atoms with van der Waals surface area (Å²) < 4.78 is 0. The van der Waals surface area contributed by atoms with Crippen LogP contribution in [-0.4, -0.2) is 10.9 Å². The Labute approximate surface area is 148 Å². The van der Waals surface area contributed by atoms with E-state index in [0.29, 0.717) is 11.3 Å². The molecular weight excluding hydrogens is 308 g/mol. The van der Waals surface area contributed by atoms with E-state index in [1.165, 1.54) is 0 Å². The van der Waals surface area contributed by atoms with Crippen LogP contribution in [0.4, 0.5) is 5.69 Å². The average Bonchev–Trinajstić information content (AvgIpc) is 2.59. The van der Waals surface area contributed by atoms with E-state index in [2.05, 4.69) is 42.9 Å². The number of hydrogen-bond donors (Lipinski definition) is 1. The maximum atomic E-state index is 12.4. The Hall–Kier alpha value is -3.12. The topological polar surface area (TPSA) is 42.0 Å². The molecule has 0 saturated heterocycles. The lowest BCUT2D eigenvalue weighted by molar-refractivity contribution is 0.102. The Morgan fingerprint density at radius 3 is 2.48 bits per heavy atom. The summed E-state index contributed by atoms with van der Waals surface area (Å²) in [6.45, 7) is 6.21. The van der Waals surface area contributed by atoms with Crippen molar-refractivity contribution in [1.82, 2.24) is 4.98 Å². The second kappa shape index (κ2) is 6.78. The van der Waals surface area contributed by atoms with Crippen molar-refractivity contribution in [1.29, 1.82) is 0 Å². The molecule has 0 fully saturated rings. The van der Waals surface area contributed by atoms with Gasteiger partial charge < -0.3 is 5.32 Å². The van der Waals surface area contributed by atoms with Crippen LogP contribution in [0.2, 0.25) is 0 Å².